The number of nitriles is 1. The van der Waals surface area contributed by atoms with Crippen molar-refractivity contribution in [3.05, 3.63) is 35.4 Å². The number of rotatable bonds is 3. The second kappa shape index (κ2) is 5.60. The first-order valence-electron chi connectivity index (χ1n) is 6.06. The number of carbonyl (C=O) groups is 1. The van der Waals surface area contributed by atoms with E-state index in [1.54, 1.807) is 24.3 Å². The fraction of sp³-hybridized carbons (Fsp3) is 0.429. The van der Waals surface area contributed by atoms with Gasteiger partial charge in [-0.1, -0.05) is 18.6 Å². The molecule has 0 bridgehead atoms. The number of carbonyl (C=O) groups excluding carboxylic acids is 1. The van der Waals surface area contributed by atoms with Gasteiger partial charge in [0.05, 0.1) is 11.6 Å². The van der Waals surface area contributed by atoms with E-state index < -0.39 is 0 Å². The summed E-state index contributed by atoms with van der Waals surface area (Å²) in [7, 11) is 0. The molecule has 1 saturated heterocycles. The Labute approximate surface area is 101 Å². The smallest absolute Gasteiger partial charge is 0.164 e. The average molecular weight is 228 g/mol. The first-order chi connectivity index (χ1) is 8.29. The largest absolute Gasteiger partial charge is 0.314 e. The van der Waals surface area contributed by atoms with Crippen LogP contribution < -0.4 is 5.32 Å². The third kappa shape index (κ3) is 3.15. The molecule has 0 aromatic heterocycles. The van der Waals surface area contributed by atoms with Crippen LogP contribution in [-0.4, -0.2) is 18.4 Å². The number of hydrogen-bond acceptors (Lipinski definition) is 3. The summed E-state index contributed by atoms with van der Waals surface area (Å²) in [6, 6.07) is 9.30. The van der Waals surface area contributed by atoms with E-state index in [-0.39, 0.29) is 5.78 Å². The topological polar surface area (TPSA) is 52.9 Å². The Balaban J connectivity index is 2.01. The lowest BCUT2D eigenvalue weighted by Gasteiger charge is -2.22. The number of Topliss-reactive ketones (excluding diaryl/α,β-unsaturated/α-hetero) is 1. The maximum atomic E-state index is 12.0. The van der Waals surface area contributed by atoms with Gasteiger partial charge in [-0.05, 0) is 31.5 Å². The van der Waals surface area contributed by atoms with Crippen molar-refractivity contribution in [2.45, 2.75) is 31.7 Å². The van der Waals surface area contributed by atoms with Crippen LogP contribution in [0, 0.1) is 11.3 Å². The molecule has 2 rings (SSSR count). The van der Waals surface area contributed by atoms with Gasteiger partial charge in [-0.25, -0.2) is 0 Å². The van der Waals surface area contributed by atoms with Crippen LogP contribution in [0.5, 0.6) is 0 Å². The van der Waals surface area contributed by atoms with Crippen LogP contribution in [0.3, 0.4) is 0 Å². The highest BCUT2D eigenvalue weighted by molar-refractivity contribution is 5.96. The molecule has 1 aromatic rings. The highest BCUT2D eigenvalue weighted by atomic mass is 16.1. The van der Waals surface area contributed by atoms with Gasteiger partial charge in [0, 0.05) is 18.0 Å². The summed E-state index contributed by atoms with van der Waals surface area (Å²) < 4.78 is 0. The van der Waals surface area contributed by atoms with E-state index >= 15 is 0 Å². The molecule has 0 amide bonds. The Kier molecular flexibility index (Phi) is 3.89. The third-order valence-corrected chi connectivity index (χ3v) is 3.16. The highest BCUT2D eigenvalue weighted by Crippen LogP contribution is 2.14. The average Bonchev–Trinajstić information content (AvgIpc) is 2.40. The third-order valence-electron chi connectivity index (χ3n) is 3.16. The lowest BCUT2D eigenvalue weighted by molar-refractivity contribution is 0.0963. The molecule has 0 aliphatic carbocycles. The maximum absolute atomic E-state index is 12.0. The fourth-order valence-electron chi connectivity index (χ4n) is 2.20. The normalized spacial score (nSPS) is 19.6. The molecule has 1 N–H and O–H groups in total. The van der Waals surface area contributed by atoms with Crippen molar-refractivity contribution < 1.29 is 4.79 Å². The zero-order valence-corrected chi connectivity index (χ0v) is 9.78. The number of ketones is 1. The predicted molar refractivity (Wildman–Crippen MR) is 65.7 cm³/mol. The first-order valence-corrected chi connectivity index (χ1v) is 6.06. The number of nitrogens with one attached hydrogen (secondary N) is 1. The molecule has 17 heavy (non-hydrogen) atoms. The van der Waals surface area contributed by atoms with E-state index in [1.165, 1.54) is 12.8 Å². The standard InChI is InChI=1S/C14H16N2O/c15-10-11-4-3-5-12(8-11)14(17)9-13-6-1-2-7-16-13/h3-5,8,13,16H,1-2,6-7,9H2. The molecular weight excluding hydrogens is 212 g/mol. The van der Waals surface area contributed by atoms with E-state index in [1.807, 2.05) is 0 Å². The van der Waals surface area contributed by atoms with Gasteiger partial charge in [-0.2, -0.15) is 5.26 Å². The van der Waals surface area contributed by atoms with Gasteiger partial charge in [0.1, 0.15) is 0 Å². The molecule has 1 aliphatic heterocycles. The van der Waals surface area contributed by atoms with Crippen molar-refractivity contribution in [2.75, 3.05) is 6.54 Å². The van der Waals surface area contributed by atoms with Gasteiger partial charge >= 0.3 is 0 Å². The van der Waals surface area contributed by atoms with E-state index in [0.717, 1.165) is 13.0 Å². The predicted octanol–water partition coefficient (Wildman–Crippen LogP) is 2.27. The summed E-state index contributed by atoms with van der Waals surface area (Å²) >= 11 is 0. The zero-order chi connectivity index (χ0) is 12.1. The molecule has 88 valence electrons. The molecule has 1 fully saturated rings. The Morgan fingerprint density at radius 2 is 2.35 bits per heavy atom. The lowest BCUT2D eigenvalue weighted by atomic mass is 9.96. The maximum Gasteiger partial charge on any atom is 0.164 e. The minimum Gasteiger partial charge on any atom is -0.314 e. The summed E-state index contributed by atoms with van der Waals surface area (Å²) in [5, 5.41) is 12.2. The van der Waals surface area contributed by atoms with E-state index in [4.69, 9.17) is 5.26 Å². The summed E-state index contributed by atoms with van der Waals surface area (Å²) in [6.07, 6.45) is 4.01. The van der Waals surface area contributed by atoms with Crippen molar-refractivity contribution in [3.63, 3.8) is 0 Å². The van der Waals surface area contributed by atoms with Gasteiger partial charge in [0.15, 0.2) is 5.78 Å². The molecule has 1 heterocycles. The summed E-state index contributed by atoms with van der Waals surface area (Å²) in [4.78, 5) is 12.0. The van der Waals surface area contributed by atoms with Crippen molar-refractivity contribution >= 4 is 5.78 Å². The Morgan fingerprint density at radius 3 is 3.06 bits per heavy atom. The van der Waals surface area contributed by atoms with Crippen LogP contribution in [0.4, 0.5) is 0 Å². The van der Waals surface area contributed by atoms with Crippen molar-refractivity contribution in [1.29, 1.82) is 5.26 Å². The van der Waals surface area contributed by atoms with Crippen molar-refractivity contribution in [2.24, 2.45) is 0 Å². The molecule has 0 radical (unpaired) electrons. The molecule has 3 heteroatoms. The number of benzene rings is 1. The molecule has 0 saturated carbocycles. The molecular formula is C14H16N2O. The Bertz CT molecular complexity index is 442. The van der Waals surface area contributed by atoms with E-state index in [9.17, 15) is 4.79 Å². The van der Waals surface area contributed by atoms with Crippen LogP contribution in [0.15, 0.2) is 24.3 Å². The molecule has 1 aromatic carbocycles. The number of nitrogens with zero attached hydrogens (tertiary/aromatic N) is 1. The molecule has 1 atom stereocenters. The van der Waals surface area contributed by atoms with Gasteiger partial charge < -0.3 is 5.32 Å². The van der Waals surface area contributed by atoms with Gasteiger partial charge in [0.25, 0.3) is 0 Å². The van der Waals surface area contributed by atoms with Gasteiger partial charge in [-0.15, -0.1) is 0 Å². The molecule has 3 nitrogen and oxygen atoms in total. The Hall–Kier alpha value is -1.66. The zero-order valence-electron chi connectivity index (χ0n) is 9.78. The minimum atomic E-state index is 0.126. The van der Waals surface area contributed by atoms with Crippen LogP contribution in [-0.2, 0) is 0 Å². The van der Waals surface area contributed by atoms with Crippen LogP contribution in [0.2, 0.25) is 0 Å². The summed E-state index contributed by atoms with van der Waals surface area (Å²) in [5.74, 6) is 0.126. The highest BCUT2D eigenvalue weighted by Gasteiger charge is 2.17. The number of piperidine rings is 1. The fourth-order valence-corrected chi connectivity index (χ4v) is 2.20. The van der Waals surface area contributed by atoms with Gasteiger partial charge in [0.2, 0.25) is 0 Å². The Morgan fingerprint density at radius 1 is 1.47 bits per heavy atom. The van der Waals surface area contributed by atoms with Crippen molar-refractivity contribution in [1.82, 2.24) is 5.32 Å². The summed E-state index contributed by atoms with van der Waals surface area (Å²) in [6.45, 7) is 1.01. The molecule has 1 aliphatic rings. The monoisotopic (exact) mass is 228 g/mol. The summed E-state index contributed by atoms with van der Waals surface area (Å²) in [5.41, 5.74) is 1.20. The van der Waals surface area contributed by atoms with Crippen LogP contribution in [0.1, 0.15) is 41.6 Å². The van der Waals surface area contributed by atoms with Crippen LogP contribution >= 0.6 is 0 Å². The van der Waals surface area contributed by atoms with E-state index in [2.05, 4.69) is 11.4 Å². The second-order valence-electron chi connectivity index (χ2n) is 4.47. The second-order valence-corrected chi connectivity index (χ2v) is 4.47. The lowest BCUT2D eigenvalue weighted by Crippen LogP contribution is -2.35. The van der Waals surface area contributed by atoms with Gasteiger partial charge in [-0.3, -0.25) is 4.79 Å². The molecule has 1 unspecified atom stereocenters. The SMILES string of the molecule is N#Cc1cccc(C(=O)CC2CCCCN2)c1. The van der Waals surface area contributed by atoms with Crippen LogP contribution in [0.25, 0.3) is 0 Å². The van der Waals surface area contributed by atoms with Crippen molar-refractivity contribution in [3.8, 4) is 6.07 Å². The first kappa shape index (κ1) is 11.8. The quantitative estimate of drug-likeness (QED) is 0.807. The minimum absolute atomic E-state index is 0.126. The molecule has 0 spiro atoms. The number of hydrogen-bond donors (Lipinski definition) is 1. The van der Waals surface area contributed by atoms with E-state index in [0.29, 0.717) is 23.6 Å².